The lowest BCUT2D eigenvalue weighted by Gasteiger charge is -2.26. The first kappa shape index (κ1) is 26.2. The Morgan fingerprint density at radius 1 is 0.909 bits per heavy atom. The normalized spacial score (nSPS) is 14.7. The highest BCUT2D eigenvalue weighted by Gasteiger charge is 2.32. The summed E-state index contributed by atoms with van der Waals surface area (Å²) in [5.41, 5.74) is 1.03. The summed E-state index contributed by atoms with van der Waals surface area (Å²) in [5.74, 6) is -2.28. The van der Waals surface area contributed by atoms with Crippen LogP contribution in [-0.2, 0) is 0 Å². The molecule has 0 heterocycles. The highest BCUT2D eigenvalue weighted by molar-refractivity contribution is 6.01. The van der Waals surface area contributed by atoms with Crippen LogP contribution in [0, 0.1) is 5.82 Å². The predicted octanol–water partition coefficient (Wildman–Crippen LogP) is -0.626. The van der Waals surface area contributed by atoms with Crippen LogP contribution in [0.2, 0.25) is 0 Å². The Hall–Kier alpha value is -3.09. The van der Waals surface area contributed by atoms with E-state index in [0.29, 0.717) is 11.1 Å². The number of aliphatic hydroxyl groups excluding tert-OH is 5. The molecule has 0 radical (unpaired) electrons. The number of ether oxygens (including phenoxy) is 1. The van der Waals surface area contributed by atoms with Crippen molar-refractivity contribution in [3.8, 4) is 16.9 Å². The third kappa shape index (κ3) is 6.46. The molecule has 0 aliphatic rings. The Morgan fingerprint density at radius 2 is 1.48 bits per heavy atom. The van der Waals surface area contributed by atoms with Gasteiger partial charge in [0.2, 0.25) is 6.29 Å². The number of rotatable bonds is 10. The van der Waals surface area contributed by atoms with Gasteiger partial charge in [-0.15, -0.1) is 0 Å². The Labute approximate surface area is 189 Å². The molecule has 33 heavy (non-hydrogen) atoms. The van der Waals surface area contributed by atoms with E-state index in [2.05, 4.69) is 10.6 Å². The first-order chi connectivity index (χ1) is 15.6. The van der Waals surface area contributed by atoms with Crippen molar-refractivity contribution in [2.24, 2.45) is 0 Å². The topological polar surface area (TPSA) is 169 Å². The lowest BCUT2D eigenvalue weighted by Crippen LogP contribution is -2.47. The smallest absolute Gasteiger partial charge is 0.251 e. The standard InChI is InChI=1S/C22H27FN2O8/c1-24-20(30)13-7-12(8-14(9-13)21(31)25-2)11-3-4-17(15(23)10-11)33-22(32)19(29)18(28)16(27)5-6-26/h3-4,7-10,16,18-19,22,26-29,32H,5-6H2,1-2H3,(H,24,30)(H,25,31). The van der Waals surface area contributed by atoms with Gasteiger partial charge >= 0.3 is 0 Å². The van der Waals surface area contributed by atoms with Crippen molar-refractivity contribution in [1.29, 1.82) is 0 Å². The number of hydrogen-bond acceptors (Lipinski definition) is 8. The Kier molecular flexibility index (Phi) is 9.26. The molecule has 2 rings (SSSR count). The van der Waals surface area contributed by atoms with Gasteiger partial charge in [0.15, 0.2) is 11.6 Å². The molecule has 2 aromatic rings. The second kappa shape index (κ2) is 11.7. The second-order valence-corrected chi connectivity index (χ2v) is 7.17. The van der Waals surface area contributed by atoms with Gasteiger partial charge < -0.3 is 40.9 Å². The van der Waals surface area contributed by atoms with Crippen LogP contribution in [0.1, 0.15) is 27.1 Å². The van der Waals surface area contributed by atoms with E-state index in [0.717, 1.165) is 12.1 Å². The summed E-state index contributed by atoms with van der Waals surface area (Å²) in [5, 5.41) is 53.0. The second-order valence-electron chi connectivity index (χ2n) is 7.17. The van der Waals surface area contributed by atoms with Gasteiger partial charge in [-0.1, -0.05) is 6.07 Å². The van der Waals surface area contributed by atoms with Crippen molar-refractivity contribution in [2.75, 3.05) is 20.7 Å². The Bertz CT molecular complexity index is 953. The van der Waals surface area contributed by atoms with Crippen LogP contribution in [0.25, 0.3) is 11.1 Å². The molecule has 7 N–H and O–H groups in total. The van der Waals surface area contributed by atoms with Crippen molar-refractivity contribution in [3.05, 3.63) is 53.3 Å². The van der Waals surface area contributed by atoms with Crippen molar-refractivity contribution in [3.63, 3.8) is 0 Å². The first-order valence-electron chi connectivity index (χ1n) is 10.0. The molecular weight excluding hydrogens is 439 g/mol. The van der Waals surface area contributed by atoms with Gasteiger partial charge in [-0.2, -0.15) is 0 Å². The fraction of sp³-hybridized carbons (Fsp3) is 0.364. The quantitative estimate of drug-likeness (QED) is 0.227. The summed E-state index contributed by atoms with van der Waals surface area (Å²) in [7, 11) is 2.86. The maximum atomic E-state index is 14.7. The van der Waals surface area contributed by atoms with E-state index in [4.69, 9.17) is 9.84 Å². The molecule has 0 spiro atoms. The third-order valence-electron chi connectivity index (χ3n) is 4.89. The Morgan fingerprint density at radius 3 is 1.97 bits per heavy atom. The predicted molar refractivity (Wildman–Crippen MR) is 115 cm³/mol. The zero-order valence-corrected chi connectivity index (χ0v) is 18.0. The van der Waals surface area contributed by atoms with E-state index >= 15 is 0 Å². The van der Waals surface area contributed by atoms with Gasteiger partial charge in [-0.05, 0) is 47.9 Å². The van der Waals surface area contributed by atoms with Crippen LogP contribution >= 0.6 is 0 Å². The molecule has 4 unspecified atom stereocenters. The molecule has 0 aromatic heterocycles. The largest absolute Gasteiger partial charge is 0.459 e. The maximum Gasteiger partial charge on any atom is 0.251 e. The van der Waals surface area contributed by atoms with E-state index in [9.17, 15) is 34.4 Å². The number of hydrogen-bond donors (Lipinski definition) is 7. The minimum atomic E-state index is -2.08. The van der Waals surface area contributed by atoms with Gasteiger partial charge in [-0.3, -0.25) is 9.59 Å². The van der Waals surface area contributed by atoms with Gasteiger partial charge in [0, 0.05) is 31.8 Å². The van der Waals surface area contributed by atoms with E-state index in [1.807, 2.05) is 0 Å². The summed E-state index contributed by atoms with van der Waals surface area (Å²) in [6.45, 7) is -0.458. The van der Waals surface area contributed by atoms with Crippen LogP contribution in [-0.4, -0.2) is 82.7 Å². The highest BCUT2D eigenvalue weighted by atomic mass is 19.1. The number of halogens is 1. The van der Waals surface area contributed by atoms with Crippen LogP contribution in [0.15, 0.2) is 36.4 Å². The molecule has 0 bridgehead atoms. The van der Waals surface area contributed by atoms with Gasteiger partial charge in [0.25, 0.3) is 11.8 Å². The molecule has 180 valence electrons. The summed E-state index contributed by atoms with van der Waals surface area (Å²) in [6, 6.07) is 7.94. The molecule has 0 saturated carbocycles. The minimum Gasteiger partial charge on any atom is -0.459 e. The fourth-order valence-corrected chi connectivity index (χ4v) is 3.02. The maximum absolute atomic E-state index is 14.7. The van der Waals surface area contributed by atoms with Crippen LogP contribution in [0.5, 0.6) is 5.75 Å². The average Bonchev–Trinajstić information content (AvgIpc) is 2.82. The highest BCUT2D eigenvalue weighted by Crippen LogP contribution is 2.28. The molecule has 11 heteroatoms. The van der Waals surface area contributed by atoms with Crippen LogP contribution < -0.4 is 15.4 Å². The van der Waals surface area contributed by atoms with Gasteiger partial charge in [0.1, 0.15) is 12.2 Å². The van der Waals surface area contributed by atoms with Gasteiger partial charge in [-0.25, -0.2) is 4.39 Å². The third-order valence-corrected chi connectivity index (χ3v) is 4.89. The van der Waals surface area contributed by atoms with E-state index in [1.165, 1.54) is 38.4 Å². The number of benzene rings is 2. The Balaban J connectivity index is 2.30. The summed E-state index contributed by atoms with van der Waals surface area (Å²) in [6.07, 6.45) is -7.68. The zero-order chi connectivity index (χ0) is 24.7. The molecule has 10 nitrogen and oxygen atoms in total. The molecule has 0 saturated heterocycles. The van der Waals surface area contributed by atoms with E-state index in [-0.39, 0.29) is 17.5 Å². The number of aliphatic hydroxyl groups is 5. The molecule has 2 amide bonds. The first-order valence-corrected chi connectivity index (χ1v) is 10.0. The minimum absolute atomic E-state index is 0.184. The lowest BCUT2D eigenvalue weighted by molar-refractivity contribution is -0.167. The SMILES string of the molecule is CNC(=O)c1cc(C(=O)NC)cc(-c2ccc(OC(O)C(O)C(O)C(O)CCO)c(F)c2)c1. The average molecular weight is 466 g/mol. The molecule has 2 aromatic carbocycles. The zero-order valence-electron chi connectivity index (χ0n) is 18.0. The molecule has 0 aliphatic carbocycles. The molecular formula is C22H27FN2O8. The number of nitrogens with one attached hydrogen (secondary N) is 2. The van der Waals surface area contributed by atoms with Crippen molar-refractivity contribution >= 4 is 11.8 Å². The lowest BCUT2D eigenvalue weighted by atomic mass is 9.98. The van der Waals surface area contributed by atoms with Crippen molar-refractivity contribution in [1.82, 2.24) is 10.6 Å². The summed E-state index contributed by atoms with van der Waals surface area (Å²) >= 11 is 0. The van der Waals surface area contributed by atoms with Crippen LogP contribution in [0.3, 0.4) is 0 Å². The van der Waals surface area contributed by atoms with Crippen LogP contribution in [0.4, 0.5) is 4.39 Å². The number of carbonyl (C=O) groups excluding carboxylic acids is 2. The van der Waals surface area contributed by atoms with Crippen molar-refractivity contribution < 1.29 is 44.2 Å². The van der Waals surface area contributed by atoms with E-state index < -0.39 is 54.6 Å². The number of amides is 2. The van der Waals surface area contributed by atoms with Crippen molar-refractivity contribution in [2.45, 2.75) is 31.0 Å². The number of carbonyl (C=O) groups is 2. The summed E-state index contributed by atoms with van der Waals surface area (Å²) in [4.78, 5) is 24.1. The van der Waals surface area contributed by atoms with E-state index in [1.54, 1.807) is 0 Å². The molecule has 0 aliphatic heterocycles. The van der Waals surface area contributed by atoms with Gasteiger partial charge in [0.05, 0.1) is 6.10 Å². The molecule has 4 atom stereocenters. The molecule has 0 fully saturated rings. The monoisotopic (exact) mass is 466 g/mol. The summed E-state index contributed by atoms with van der Waals surface area (Å²) < 4.78 is 19.6. The fourth-order valence-electron chi connectivity index (χ4n) is 3.02.